The fraction of sp³-hybridized carbons (Fsp3) is 0.0714. The van der Waals surface area contributed by atoms with E-state index in [0.29, 0.717) is 11.0 Å². The molecular formula is C14H11BrClN3O. The number of aromatic nitrogens is 2. The largest absolute Gasteiger partial charge is 0.497 e. The number of fused-ring (bicyclic) bond motifs is 1. The van der Waals surface area contributed by atoms with Crippen LogP contribution in [0.5, 0.6) is 5.75 Å². The van der Waals surface area contributed by atoms with Crippen LogP contribution >= 0.6 is 27.5 Å². The Hall–Kier alpha value is -1.72. The Labute approximate surface area is 129 Å². The number of nitrogens with two attached hydrogens (primary N) is 1. The maximum atomic E-state index is 6.14. The average Bonchev–Trinajstić information content (AvgIpc) is 2.76. The molecular weight excluding hydrogens is 342 g/mol. The summed E-state index contributed by atoms with van der Waals surface area (Å²) in [6, 6.07) is 11.3. The molecule has 2 aromatic carbocycles. The van der Waals surface area contributed by atoms with Gasteiger partial charge in [0.15, 0.2) is 0 Å². The lowest BCUT2D eigenvalue weighted by molar-refractivity contribution is 0.415. The van der Waals surface area contributed by atoms with Gasteiger partial charge in [-0.25, -0.2) is 4.98 Å². The summed E-state index contributed by atoms with van der Waals surface area (Å²) >= 11 is 9.52. The monoisotopic (exact) mass is 351 g/mol. The van der Waals surface area contributed by atoms with Gasteiger partial charge in [0, 0.05) is 10.5 Å². The normalized spacial score (nSPS) is 10.9. The van der Waals surface area contributed by atoms with Crippen LogP contribution in [0, 0.1) is 0 Å². The topological polar surface area (TPSA) is 53.1 Å². The Morgan fingerprint density at radius 1 is 1.25 bits per heavy atom. The van der Waals surface area contributed by atoms with Gasteiger partial charge in [0.2, 0.25) is 5.95 Å². The van der Waals surface area contributed by atoms with E-state index in [1.807, 2.05) is 41.0 Å². The second kappa shape index (κ2) is 5.00. The van der Waals surface area contributed by atoms with Crippen LogP contribution in [0.2, 0.25) is 5.02 Å². The SMILES string of the molecule is COc1ccc2c(c1)nc(N)n2-c1ccc(Br)c(Cl)c1. The molecule has 0 aliphatic carbocycles. The summed E-state index contributed by atoms with van der Waals surface area (Å²) in [6.07, 6.45) is 0. The van der Waals surface area contributed by atoms with E-state index in [0.717, 1.165) is 26.9 Å². The zero-order valence-electron chi connectivity index (χ0n) is 10.6. The Kier molecular flexibility index (Phi) is 3.31. The number of methoxy groups -OCH3 is 1. The number of hydrogen-bond acceptors (Lipinski definition) is 3. The quantitative estimate of drug-likeness (QED) is 0.757. The molecule has 0 amide bonds. The molecule has 4 nitrogen and oxygen atoms in total. The van der Waals surface area contributed by atoms with Crippen molar-refractivity contribution in [3.05, 3.63) is 45.9 Å². The number of benzene rings is 2. The van der Waals surface area contributed by atoms with E-state index in [2.05, 4.69) is 20.9 Å². The number of nitrogen functional groups attached to an aromatic ring is 1. The molecule has 0 radical (unpaired) electrons. The average molecular weight is 353 g/mol. The number of ether oxygens (including phenoxy) is 1. The molecule has 3 aromatic rings. The van der Waals surface area contributed by atoms with Gasteiger partial charge in [0.1, 0.15) is 5.75 Å². The van der Waals surface area contributed by atoms with Gasteiger partial charge in [-0.1, -0.05) is 11.6 Å². The van der Waals surface area contributed by atoms with E-state index < -0.39 is 0 Å². The highest BCUT2D eigenvalue weighted by molar-refractivity contribution is 9.10. The molecule has 0 saturated carbocycles. The molecule has 0 bridgehead atoms. The minimum Gasteiger partial charge on any atom is -0.497 e. The molecule has 102 valence electrons. The third-order valence-corrected chi connectivity index (χ3v) is 4.28. The predicted octanol–water partition coefficient (Wildman–Crippen LogP) is 4.03. The highest BCUT2D eigenvalue weighted by Gasteiger charge is 2.11. The third-order valence-electron chi connectivity index (χ3n) is 3.05. The van der Waals surface area contributed by atoms with Gasteiger partial charge in [-0.15, -0.1) is 0 Å². The van der Waals surface area contributed by atoms with Crippen molar-refractivity contribution in [2.24, 2.45) is 0 Å². The van der Waals surface area contributed by atoms with Gasteiger partial charge >= 0.3 is 0 Å². The fourth-order valence-electron chi connectivity index (χ4n) is 2.10. The first kappa shape index (κ1) is 13.3. The molecule has 6 heteroatoms. The number of rotatable bonds is 2. The standard InChI is InChI=1S/C14H11BrClN3O/c1-20-9-3-5-13-12(7-9)18-14(17)19(13)8-2-4-10(15)11(16)6-8/h2-7H,1H3,(H2,17,18). The zero-order valence-corrected chi connectivity index (χ0v) is 12.9. The van der Waals surface area contributed by atoms with Crippen LogP contribution in [0.3, 0.4) is 0 Å². The molecule has 3 rings (SSSR count). The van der Waals surface area contributed by atoms with Crippen LogP contribution < -0.4 is 10.5 Å². The fourth-order valence-corrected chi connectivity index (χ4v) is 2.52. The van der Waals surface area contributed by atoms with Crippen molar-refractivity contribution in [3.8, 4) is 11.4 Å². The van der Waals surface area contributed by atoms with Crippen LogP contribution in [0.15, 0.2) is 40.9 Å². The number of nitrogens with zero attached hydrogens (tertiary/aromatic N) is 2. The van der Waals surface area contributed by atoms with Gasteiger partial charge in [-0.2, -0.15) is 0 Å². The van der Waals surface area contributed by atoms with E-state index in [1.54, 1.807) is 7.11 Å². The number of anilines is 1. The zero-order chi connectivity index (χ0) is 14.3. The van der Waals surface area contributed by atoms with Crippen LogP contribution in [0.25, 0.3) is 16.7 Å². The molecule has 0 atom stereocenters. The highest BCUT2D eigenvalue weighted by atomic mass is 79.9. The van der Waals surface area contributed by atoms with Gasteiger partial charge < -0.3 is 10.5 Å². The Balaban J connectivity index is 2.24. The number of imidazole rings is 1. The summed E-state index contributed by atoms with van der Waals surface area (Å²) in [4.78, 5) is 4.36. The lowest BCUT2D eigenvalue weighted by atomic mass is 10.2. The molecule has 0 fully saturated rings. The molecule has 0 aliphatic heterocycles. The minimum absolute atomic E-state index is 0.409. The van der Waals surface area contributed by atoms with Crippen LogP contribution in [0.1, 0.15) is 0 Å². The van der Waals surface area contributed by atoms with Crippen molar-refractivity contribution in [3.63, 3.8) is 0 Å². The lowest BCUT2D eigenvalue weighted by Gasteiger charge is -2.08. The van der Waals surface area contributed by atoms with E-state index in [1.165, 1.54) is 0 Å². The van der Waals surface area contributed by atoms with Crippen molar-refractivity contribution in [2.75, 3.05) is 12.8 Å². The molecule has 20 heavy (non-hydrogen) atoms. The van der Waals surface area contributed by atoms with Crippen molar-refractivity contribution in [2.45, 2.75) is 0 Å². The summed E-state index contributed by atoms with van der Waals surface area (Å²) in [6.45, 7) is 0. The first-order chi connectivity index (χ1) is 9.60. The Bertz CT molecular complexity index is 800. The predicted molar refractivity (Wildman–Crippen MR) is 84.7 cm³/mol. The van der Waals surface area contributed by atoms with Gasteiger partial charge in [-0.3, -0.25) is 4.57 Å². The molecule has 0 aliphatic rings. The Morgan fingerprint density at radius 2 is 2.05 bits per heavy atom. The molecule has 0 spiro atoms. The minimum atomic E-state index is 0.409. The van der Waals surface area contributed by atoms with Crippen LogP contribution in [0.4, 0.5) is 5.95 Å². The maximum absolute atomic E-state index is 6.14. The smallest absolute Gasteiger partial charge is 0.205 e. The first-order valence-electron chi connectivity index (χ1n) is 5.87. The molecule has 1 heterocycles. The molecule has 0 unspecified atom stereocenters. The van der Waals surface area contributed by atoms with Crippen LogP contribution in [-0.2, 0) is 0 Å². The van der Waals surface area contributed by atoms with E-state index >= 15 is 0 Å². The second-order valence-corrected chi connectivity index (χ2v) is 5.52. The van der Waals surface area contributed by atoms with Gasteiger partial charge in [0.25, 0.3) is 0 Å². The van der Waals surface area contributed by atoms with E-state index in [-0.39, 0.29) is 0 Å². The number of hydrogen-bond donors (Lipinski definition) is 1. The van der Waals surface area contributed by atoms with Gasteiger partial charge in [0.05, 0.1) is 28.9 Å². The molecule has 0 saturated heterocycles. The lowest BCUT2D eigenvalue weighted by Crippen LogP contribution is -2.00. The highest BCUT2D eigenvalue weighted by Crippen LogP contribution is 2.30. The summed E-state index contributed by atoms with van der Waals surface area (Å²) < 4.78 is 7.89. The summed E-state index contributed by atoms with van der Waals surface area (Å²) in [7, 11) is 1.62. The van der Waals surface area contributed by atoms with E-state index in [4.69, 9.17) is 22.1 Å². The third kappa shape index (κ3) is 2.13. The summed E-state index contributed by atoms with van der Waals surface area (Å²) in [5, 5.41) is 0.622. The van der Waals surface area contributed by atoms with Crippen molar-refractivity contribution in [1.29, 1.82) is 0 Å². The summed E-state index contributed by atoms with van der Waals surface area (Å²) in [5.74, 6) is 1.16. The summed E-state index contributed by atoms with van der Waals surface area (Å²) in [5.41, 5.74) is 8.57. The van der Waals surface area contributed by atoms with E-state index in [9.17, 15) is 0 Å². The van der Waals surface area contributed by atoms with Gasteiger partial charge in [-0.05, 0) is 46.3 Å². The molecule has 2 N–H and O–H groups in total. The van der Waals surface area contributed by atoms with Crippen molar-refractivity contribution < 1.29 is 4.74 Å². The van der Waals surface area contributed by atoms with Crippen molar-refractivity contribution in [1.82, 2.24) is 9.55 Å². The Morgan fingerprint density at radius 3 is 2.75 bits per heavy atom. The van der Waals surface area contributed by atoms with Crippen LogP contribution in [-0.4, -0.2) is 16.7 Å². The van der Waals surface area contributed by atoms with Crippen molar-refractivity contribution >= 4 is 44.5 Å². The second-order valence-electron chi connectivity index (χ2n) is 4.26. The maximum Gasteiger partial charge on any atom is 0.205 e. The molecule has 1 aromatic heterocycles. The first-order valence-corrected chi connectivity index (χ1v) is 7.04. The number of halogens is 2.